The van der Waals surface area contributed by atoms with Crippen molar-refractivity contribution in [3.63, 3.8) is 0 Å². The first-order valence-corrected chi connectivity index (χ1v) is 6.90. The second-order valence-electron chi connectivity index (χ2n) is 3.35. The van der Waals surface area contributed by atoms with Crippen LogP contribution < -0.4 is 0 Å². The molecule has 0 aromatic carbocycles. The first-order chi connectivity index (χ1) is 7.24. The van der Waals surface area contributed by atoms with Crippen molar-refractivity contribution in [2.75, 3.05) is 39.0 Å². The van der Waals surface area contributed by atoms with E-state index in [1.807, 2.05) is 27.7 Å². The van der Waals surface area contributed by atoms with Gasteiger partial charge in [-0.05, 0) is 14.0 Å². The van der Waals surface area contributed by atoms with Crippen LogP contribution in [-0.2, 0) is 0 Å². The van der Waals surface area contributed by atoms with Crippen molar-refractivity contribution in [1.29, 1.82) is 0 Å². The number of piperazine rings is 1. The van der Waals surface area contributed by atoms with Crippen molar-refractivity contribution in [1.82, 2.24) is 9.80 Å². The fourth-order valence-corrected chi connectivity index (χ4v) is 1.75. The van der Waals surface area contributed by atoms with E-state index in [2.05, 4.69) is 36.4 Å². The van der Waals surface area contributed by atoms with E-state index in [4.69, 9.17) is 0 Å². The van der Waals surface area contributed by atoms with Crippen LogP contribution in [0.1, 0.15) is 34.6 Å². The van der Waals surface area contributed by atoms with Crippen molar-refractivity contribution in [2.45, 2.75) is 40.7 Å². The molecule has 1 atom stereocenters. The monoisotopic (exact) mass is 234 g/mol. The van der Waals surface area contributed by atoms with E-state index in [-0.39, 0.29) is 0 Å². The Bertz CT molecular complexity index is 120. The SMILES string of the molecule is CC.CC.CC1CN(CCS)CCN1C. The third-order valence-electron chi connectivity index (χ3n) is 2.46. The highest BCUT2D eigenvalue weighted by Gasteiger charge is 2.19. The Morgan fingerprint density at radius 2 is 1.67 bits per heavy atom. The average molecular weight is 234 g/mol. The van der Waals surface area contributed by atoms with Gasteiger partial charge in [0.2, 0.25) is 0 Å². The average Bonchev–Trinajstić information content (AvgIpc) is 2.30. The van der Waals surface area contributed by atoms with E-state index in [9.17, 15) is 0 Å². The van der Waals surface area contributed by atoms with E-state index < -0.39 is 0 Å². The van der Waals surface area contributed by atoms with Crippen LogP contribution in [0.15, 0.2) is 0 Å². The molecule has 1 unspecified atom stereocenters. The molecule has 3 heteroatoms. The fraction of sp³-hybridized carbons (Fsp3) is 1.00. The summed E-state index contributed by atoms with van der Waals surface area (Å²) in [5, 5.41) is 0. The molecule has 0 radical (unpaired) electrons. The second kappa shape index (κ2) is 12.3. The summed E-state index contributed by atoms with van der Waals surface area (Å²) in [7, 11) is 2.20. The number of hydrogen-bond acceptors (Lipinski definition) is 3. The van der Waals surface area contributed by atoms with Gasteiger partial charge in [0.25, 0.3) is 0 Å². The van der Waals surface area contributed by atoms with E-state index in [1.165, 1.54) is 19.6 Å². The predicted molar refractivity (Wildman–Crippen MR) is 75.1 cm³/mol. The highest BCUT2D eigenvalue weighted by molar-refractivity contribution is 7.80. The van der Waals surface area contributed by atoms with Crippen molar-refractivity contribution >= 4 is 12.6 Å². The minimum Gasteiger partial charge on any atom is -0.301 e. The summed E-state index contributed by atoms with van der Waals surface area (Å²) in [5.41, 5.74) is 0. The molecule has 0 aromatic heterocycles. The van der Waals surface area contributed by atoms with Gasteiger partial charge in [-0.15, -0.1) is 0 Å². The number of likely N-dealkylation sites (N-methyl/N-ethyl adjacent to an activating group) is 1. The first kappa shape index (κ1) is 17.7. The lowest BCUT2D eigenvalue weighted by Crippen LogP contribution is -2.50. The number of nitrogens with zero attached hydrogens (tertiary/aromatic N) is 2. The van der Waals surface area contributed by atoms with Crippen LogP contribution >= 0.6 is 12.6 Å². The molecule has 0 amide bonds. The molecule has 1 aliphatic heterocycles. The van der Waals surface area contributed by atoms with Crippen molar-refractivity contribution in [3.05, 3.63) is 0 Å². The third-order valence-corrected chi connectivity index (χ3v) is 2.66. The number of rotatable bonds is 2. The normalized spacial score (nSPS) is 22.2. The van der Waals surface area contributed by atoms with Crippen LogP contribution in [0.25, 0.3) is 0 Å². The van der Waals surface area contributed by atoms with E-state index >= 15 is 0 Å². The minimum atomic E-state index is 0.712. The molecule has 1 saturated heterocycles. The lowest BCUT2D eigenvalue weighted by molar-refractivity contribution is 0.110. The van der Waals surface area contributed by atoms with Crippen molar-refractivity contribution in [3.8, 4) is 0 Å². The zero-order valence-corrected chi connectivity index (χ0v) is 12.3. The van der Waals surface area contributed by atoms with E-state index in [1.54, 1.807) is 0 Å². The van der Waals surface area contributed by atoms with Gasteiger partial charge >= 0.3 is 0 Å². The summed E-state index contributed by atoms with van der Waals surface area (Å²) in [6.07, 6.45) is 0. The Hall–Kier alpha value is 0.270. The topological polar surface area (TPSA) is 6.48 Å². The van der Waals surface area contributed by atoms with Gasteiger partial charge < -0.3 is 4.90 Å². The Morgan fingerprint density at radius 3 is 2.07 bits per heavy atom. The predicted octanol–water partition coefficient (Wildman–Crippen LogP) is 2.60. The second-order valence-corrected chi connectivity index (χ2v) is 3.80. The maximum Gasteiger partial charge on any atom is 0.0192 e. The molecule has 1 rings (SSSR count). The summed E-state index contributed by atoms with van der Waals surface area (Å²) >= 11 is 4.23. The van der Waals surface area contributed by atoms with Crippen LogP contribution in [0.5, 0.6) is 0 Å². The smallest absolute Gasteiger partial charge is 0.0192 e. The molecular weight excluding hydrogens is 204 g/mol. The molecule has 0 saturated carbocycles. The summed E-state index contributed by atoms with van der Waals surface area (Å²) in [4.78, 5) is 4.90. The zero-order chi connectivity index (χ0) is 12.3. The molecule has 0 spiro atoms. The van der Waals surface area contributed by atoms with Crippen LogP contribution in [0, 0.1) is 0 Å². The van der Waals surface area contributed by atoms with Gasteiger partial charge in [0.15, 0.2) is 0 Å². The van der Waals surface area contributed by atoms with Gasteiger partial charge in [-0.2, -0.15) is 12.6 Å². The Labute approximate surface area is 102 Å². The molecule has 1 aliphatic rings. The highest BCUT2D eigenvalue weighted by atomic mass is 32.1. The van der Waals surface area contributed by atoms with Gasteiger partial charge in [-0.25, -0.2) is 0 Å². The van der Waals surface area contributed by atoms with Gasteiger partial charge in [0, 0.05) is 38.0 Å². The fourth-order valence-electron chi connectivity index (χ4n) is 1.47. The van der Waals surface area contributed by atoms with Gasteiger partial charge in [0.05, 0.1) is 0 Å². The molecular formula is C12H30N2S. The molecule has 0 aliphatic carbocycles. The molecule has 0 N–H and O–H groups in total. The minimum absolute atomic E-state index is 0.712. The van der Waals surface area contributed by atoms with Gasteiger partial charge in [-0.1, -0.05) is 27.7 Å². The zero-order valence-electron chi connectivity index (χ0n) is 11.5. The Kier molecular flexibility index (Phi) is 14.5. The Morgan fingerprint density at radius 1 is 1.13 bits per heavy atom. The van der Waals surface area contributed by atoms with Gasteiger partial charge in [-0.3, -0.25) is 4.90 Å². The summed E-state index contributed by atoms with van der Waals surface area (Å²) in [6.45, 7) is 15.0. The molecule has 94 valence electrons. The molecule has 1 fully saturated rings. The van der Waals surface area contributed by atoms with Crippen LogP contribution in [0.2, 0.25) is 0 Å². The standard InChI is InChI=1S/C8H18N2S.2C2H6/c1-8-7-10(5-6-11)4-3-9(8)2;2*1-2/h8,11H,3-7H2,1-2H3;2*1-2H3. The maximum atomic E-state index is 4.23. The Balaban J connectivity index is 0. The molecule has 1 heterocycles. The van der Waals surface area contributed by atoms with Crippen molar-refractivity contribution < 1.29 is 0 Å². The summed E-state index contributed by atoms with van der Waals surface area (Å²) in [5.74, 6) is 0.983. The maximum absolute atomic E-state index is 4.23. The highest BCUT2D eigenvalue weighted by Crippen LogP contribution is 2.05. The largest absolute Gasteiger partial charge is 0.301 e. The summed E-state index contributed by atoms with van der Waals surface area (Å²) in [6, 6.07) is 0.712. The van der Waals surface area contributed by atoms with E-state index in [0.717, 1.165) is 12.3 Å². The number of hydrogen-bond donors (Lipinski definition) is 1. The van der Waals surface area contributed by atoms with Crippen LogP contribution in [0.4, 0.5) is 0 Å². The third kappa shape index (κ3) is 8.12. The number of thiol groups is 1. The van der Waals surface area contributed by atoms with Gasteiger partial charge in [0.1, 0.15) is 0 Å². The summed E-state index contributed by atoms with van der Waals surface area (Å²) < 4.78 is 0. The lowest BCUT2D eigenvalue weighted by atomic mass is 10.2. The van der Waals surface area contributed by atoms with Crippen molar-refractivity contribution in [2.24, 2.45) is 0 Å². The molecule has 2 nitrogen and oxygen atoms in total. The molecule has 0 bridgehead atoms. The molecule has 15 heavy (non-hydrogen) atoms. The molecule has 0 aromatic rings. The van der Waals surface area contributed by atoms with Crippen LogP contribution in [0.3, 0.4) is 0 Å². The lowest BCUT2D eigenvalue weighted by Gasteiger charge is -2.37. The first-order valence-electron chi connectivity index (χ1n) is 6.27. The quantitative estimate of drug-likeness (QED) is 0.734. The van der Waals surface area contributed by atoms with E-state index in [0.29, 0.717) is 6.04 Å². The van der Waals surface area contributed by atoms with Crippen LogP contribution in [-0.4, -0.2) is 54.8 Å².